The molecule has 6 aliphatic carbocycles. The molecule has 0 amide bonds. The predicted molar refractivity (Wildman–Crippen MR) is 324 cm³/mol. The van der Waals surface area contributed by atoms with E-state index >= 15 is 8.78 Å². The van der Waals surface area contributed by atoms with Gasteiger partial charge in [-0.15, -0.1) is 0 Å². The Balaban J connectivity index is 0.764. The fourth-order valence-electron chi connectivity index (χ4n) is 16.3. The molecule has 9 atom stereocenters. The molecule has 2 aliphatic heterocycles. The molecule has 24 heteroatoms. The third-order valence-corrected chi connectivity index (χ3v) is 21.0. The lowest BCUT2D eigenvalue weighted by Crippen LogP contribution is -2.62. The number of aliphatic hydroxyl groups is 2. The Bertz CT molecular complexity index is 3600. The molecule has 2 aromatic carbocycles. The number of rotatable bonds is 19. The van der Waals surface area contributed by atoms with Crippen LogP contribution in [0.15, 0.2) is 45.8 Å². The first-order valence-electron chi connectivity index (χ1n) is 31.7. The summed E-state index contributed by atoms with van der Waals surface area (Å²) in [7, 11) is 2.77. The number of ether oxygens (including phenoxy) is 6. The number of esters is 4. The molecule has 5 saturated carbocycles. The summed E-state index contributed by atoms with van der Waals surface area (Å²) in [5.74, 6) is -6.64. The maximum atomic E-state index is 16.3. The Morgan fingerprint density at radius 2 is 1.23 bits per heavy atom. The molecule has 12 rings (SSSR count). The van der Waals surface area contributed by atoms with E-state index in [-0.39, 0.29) is 99.6 Å². The number of Topliss-reactive ketones (excluding diaryl/α,β-unsaturated/α-hetero) is 1. The summed E-state index contributed by atoms with van der Waals surface area (Å²) in [5.41, 5.74) is -4.09. The van der Waals surface area contributed by atoms with Crippen LogP contribution in [0.25, 0.3) is 21.8 Å². The third kappa shape index (κ3) is 11.2. The first kappa shape index (κ1) is 62.9. The zero-order chi connectivity index (χ0) is 63.9. The number of carbonyl (C=O) groups excluding carboxylic acids is 6. The highest BCUT2D eigenvalue weighted by Gasteiger charge is 2.68. The van der Waals surface area contributed by atoms with Gasteiger partial charge in [0.25, 0.3) is 0 Å². The van der Waals surface area contributed by atoms with Gasteiger partial charge in [-0.2, -0.15) is 0 Å². The van der Waals surface area contributed by atoms with E-state index < -0.39 is 119 Å². The number of methoxy groups -OCH3 is 2. The van der Waals surface area contributed by atoms with E-state index in [0.717, 1.165) is 17.7 Å². The van der Waals surface area contributed by atoms with Crippen molar-refractivity contribution in [3.8, 4) is 11.5 Å². The van der Waals surface area contributed by atoms with Crippen LogP contribution >= 0.6 is 0 Å². The normalized spacial score (nSPS) is 28.5. The van der Waals surface area contributed by atoms with Crippen LogP contribution in [-0.2, 0) is 38.1 Å². The third-order valence-electron chi connectivity index (χ3n) is 21.0. The van der Waals surface area contributed by atoms with Crippen molar-refractivity contribution in [1.29, 1.82) is 0 Å². The lowest BCUT2D eigenvalue weighted by Gasteiger charge is -2.60. The van der Waals surface area contributed by atoms with Crippen molar-refractivity contribution in [3.05, 3.63) is 79.4 Å². The van der Waals surface area contributed by atoms with Gasteiger partial charge < -0.3 is 68.2 Å². The highest BCUT2D eigenvalue weighted by Crippen LogP contribution is 2.68. The summed E-state index contributed by atoms with van der Waals surface area (Å²) in [6, 6.07) is 1.87. The Kier molecular flexibility index (Phi) is 17.1. The van der Waals surface area contributed by atoms with Crippen molar-refractivity contribution in [3.63, 3.8) is 0 Å². The Morgan fingerprint density at radius 1 is 0.711 bits per heavy atom. The molecule has 484 valence electrons. The van der Waals surface area contributed by atoms with E-state index in [9.17, 15) is 48.6 Å². The predicted octanol–water partition coefficient (Wildman–Crippen LogP) is 5.93. The van der Waals surface area contributed by atoms with E-state index in [2.05, 4.69) is 17.6 Å². The van der Waals surface area contributed by atoms with Crippen LogP contribution in [0.1, 0.15) is 144 Å². The van der Waals surface area contributed by atoms with E-state index in [0.29, 0.717) is 108 Å². The quantitative estimate of drug-likeness (QED) is 0.0626. The molecule has 7 fully saturated rings. The van der Waals surface area contributed by atoms with Crippen LogP contribution in [0, 0.1) is 40.2 Å². The molecule has 22 nitrogen and oxygen atoms in total. The molecule has 3 unspecified atom stereocenters. The minimum Gasteiger partial charge on any atom is -0.492 e. The number of carbonyl (C=O) groups is 6. The van der Waals surface area contributed by atoms with Gasteiger partial charge in [0.05, 0.1) is 55.0 Å². The number of nitrogens with one attached hydrogen (secondary N) is 2. The summed E-state index contributed by atoms with van der Waals surface area (Å²) in [6.07, 6.45) is 6.43. The maximum absolute atomic E-state index is 16.3. The van der Waals surface area contributed by atoms with Crippen molar-refractivity contribution >= 4 is 68.6 Å². The molecular formula is C66H80F2N6O16. The van der Waals surface area contributed by atoms with Gasteiger partial charge in [0, 0.05) is 87.7 Å². The molecule has 0 radical (unpaired) electrons. The number of hydrogen-bond acceptors (Lipinski definition) is 20. The van der Waals surface area contributed by atoms with Gasteiger partial charge in [0.1, 0.15) is 41.3 Å². The highest BCUT2D eigenvalue weighted by molar-refractivity contribution is 5.99. The number of allylic oxidation sites excluding steroid dienone is 1. The average Bonchev–Trinajstić information content (AvgIpc) is 1.17. The largest absolute Gasteiger partial charge is 0.492 e. The Morgan fingerprint density at radius 3 is 1.73 bits per heavy atom. The van der Waals surface area contributed by atoms with Crippen LogP contribution in [-0.4, -0.2) is 158 Å². The minimum atomic E-state index is -1.94. The monoisotopic (exact) mass is 1250 g/mol. The molecule has 4 aromatic rings. The number of benzene rings is 2. The summed E-state index contributed by atoms with van der Waals surface area (Å²) in [6.45, 7) is 8.35. The Labute approximate surface area is 518 Å². The lowest BCUT2D eigenvalue weighted by atomic mass is 9.45. The zero-order valence-electron chi connectivity index (χ0n) is 51.8. The van der Waals surface area contributed by atoms with Gasteiger partial charge in [-0.3, -0.25) is 28.8 Å². The van der Waals surface area contributed by atoms with Gasteiger partial charge in [-0.05, 0) is 119 Å². The van der Waals surface area contributed by atoms with Gasteiger partial charge in [0.2, 0.25) is 16.6 Å². The van der Waals surface area contributed by atoms with Crippen LogP contribution in [0.2, 0.25) is 0 Å². The van der Waals surface area contributed by atoms with Gasteiger partial charge in [-0.25, -0.2) is 18.4 Å². The fraction of sp³-hybridized carbons (Fsp3) is 0.606. The average molecular weight is 1250 g/mol. The number of anilines is 2. The molecule has 90 heavy (non-hydrogen) atoms. The van der Waals surface area contributed by atoms with E-state index in [4.69, 9.17) is 28.4 Å². The van der Waals surface area contributed by atoms with Crippen molar-refractivity contribution in [1.82, 2.24) is 19.8 Å². The van der Waals surface area contributed by atoms with Crippen LogP contribution in [0.3, 0.4) is 0 Å². The van der Waals surface area contributed by atoms with Crippen LogP contribution in [0.5, 0.6) is 11.5 Å². The molecule has 2 aromatic heterocycles. The number of fused-ring (bicyclic) bond motifs is 7. The number of halogens is 2. The molecule has 8 aliphatic rings. The second kappa shape index (κ2) is 24.4. The van der Waals surface area contributed by atoms with Crippen molar-refractivity contribution in [2.24, 2.45) is 28.6 Å². The van der Waals surface area contributed by atoms with Crippen molar-refractivity contribution in [2.75, 3.05) is 83.1 Å². The van der Waals surface area contributed by atoms with Gasteiger partial charge in [-0.1, -0.05) is 19.4 Å². The second-order valence-electron chi connectivity index (χ2n) is 26.8. The number of aliphatic hydroxyl groups excluding tert-OH is 1. The summed E-state index contributed by atoms with van der Waals surface area (Å²) in [4.78, 5) is 114. The van der Waals surface area contributed by atoms with Crippen molar-refractivity contribution in [2.45, 2.75) is 153 Å². The standard InChI is InChI=1S/C66H80F2N6O16/c1-34-27-71(21-19-69-34)56-47(67)24-42-54(60(56)85-5)73(37-8-9-37)29-44(58(42)80)62(82)88-31-40(32-89-63(83)45-30-74(38-10-11-38)55-43(59(45)81)25-48(68)57(61(55)86-6)72-22-20-70-35(2)28-72)90-52(79)14-13-51(78)87-33-50(77)66(84)18-16-46-41-12-7-36-23-39(75)15-17-64(36,3)53(41)49(76)26-65(46,66)4/h23-25,29-30,34-35,37-38,40-41,46,49,53,69-70,76,84H,7-22,26-28,31-33H2,1-6H3/t34?,35?,40?,41-,46-,49-,53?,64-,65-,66-/m1/s1. The molecule has 4 N–H and O–H groups in total. The molecule has 2 saturated heterocycles. The summed E-state index contributed by atoms with van der Waals surface area (Å²) < 4.78 is 70.2. The highest BCUT2D eigenvalue weighted by atomic mass is 19.1. The molecule has 4 heterocycles. The first-order chi connectivity index (χ1) is 43.0. The molecular weight excluding hydrogens is 1170 g/mol. The minimum absolute atomic E-state index is 0.0170. The van der Waals surface area contributed by atoms with E-state index in [1.54, 1.807) is 15.2 Å². The SMILES string of the molecule is COc1c(N2CCNC(C)C2)c(F)cc2c(=O)c(C(=O)OCC(COC(=O)c3cn(C4CC4)c4c(OC)c(N5CCNC(C)C5)c(F)cc4c3=O)OC(=O)CCC(=O)OCC(=O)[C@]3(O)CC[C@@H]4[C@H]5CCC6=CC(=O)CC[C@@]6(C)C5[C@H](O)C[C@]43C)cn(C3CC3)c12. The topological polar surface area (TPSA) is 273 Å². The summed E-state index contributed by atoms with van der Waals surface area (Å²) >= 11 is 0. The lowest BCUT2D eigenvalue weighted by molar-refractivity contribution is -0.184. The van der Waals surface area contributed by atoms with E-state index in [1.807, 2.05) is 30.6 Å². The molecule has 0 bridgehead atoms. The Hall–Kier alpha value is -7.28. The summed E-state index contributed by atoms with van der Waals surface area (Å²) in [5, 5.41) is 30.5. The first-order valence-corrected chi connectivity index (χ1v) is 31.7. The number of pyridine rings is 2. The number of nitrogens with zero attached hydrogens (tertiary/aromatic N) is 4. The number of aromatic nitrogens is 2. The van der Waals surface area contributed by atoms with Crippen LogP contribution in [0.4, 0.5) is 20.2 Å². The van der Waals surface area contributed by atoms with Crippen LogP contribution < -0.4 is 40.8 Å². The second-order valence-corrected chi connectivity index (χ2v) is 26.8. The molecule has 0 spiro atoms. The maximum Gasteiger partial charge on any atom is 0.343 e. The number of piperazine rings is 2. The van der Waals surface area contributed by atoms with Crippen molar-refractivity contribution < 1.29 is 76.2 Å². The number of ketones is 2. The fourth-order valence-corrected chi connectivity index (χ4v) is 16.3. The van der Waals surface area contributed by atoms with Gasteiger partial charge >= 0.3 is 23.9 Å². The zero-order valence-corrected chi connectivity index (χ0v) is 51.8. The van der Waals surface area contributed by atoms with Gasteiger partial charge in [0.15, 0.2) is 41.6 Å². The van der Waals surface area contributed by atoms with E-state index in [1.165, 1.54) is 26.6 Å². The number of hydrogen-bond donors (Lipinski definition) is 4. The smallest absolute Gasteiger partial charge is 0.343 e.